The molecule has 0 aliphatic rings. The van der Waals surface area contributed by atoms with E-state index < -0.39 is 11.9 Å². The Kier molecular flexibility index (Phi) is 4.09. The highest BCUT2D eigenvalue weighted by Crippen LogP contribution is 2.19. The standard InChI is InChI=1S/C12H14O5/c1-7(2)6-17-8-3-4-9(11(13)14)10(5-8)12(15)16/h3-5,7H,6H2,1-2H3,(H,13,14)(H,15,16). The first-order chi connectivity index (χ1) is 7.91. The van der Waals surface area contributed by atoms with E-state index in [0.717, 1.165) is 0 Å². The number of carboxylic acid groups (broad SMARTS) is 2. The fourth-order valence-corrected chi connectivity index (χ4v) is 1.24. The third-order valence-electron chi connectivity index (χ3n) is 2.04. The molecule has 0 saturated heterocycles. The van der Waals surface area contributed by atoms with Crippen LogP contribution < -0.4 is 4.74 Å². The van der Waals surface area contributed by atoms with Gasteiger partial charge in [-0.15, -0.1) is 0 Å². The quantitative estimate of drug-likeness (QED) is 0.820. The normalized spacial score (nSPS) is 10.3. The van der Waals surface area contributed by atoms with Gasteiger partial charge in [0, 0.05) is 0 Å². The van der Waals surface area contributed by atoms with Crippen LogP contribution in [0.25, 0.3) is 0 Å². The molecule has 0 aliphatic carbocycles. The van der Waals surface area contributed by atoms with E-state index in [1.807, 2.05) is 13.8 Å². The van der Waals surface area contributed by atoms with Crippen LogP contribution in [-0.4, -0.2) is 28.8 Å². The zero-order chi connectivity index (χ0) is 13.0. The predicted octanol–water partition coefficient (Wildman–Crippen LogP) is 2.12. The lowest BCUT2D eigenvalue weighted by Gasteiger charge is -2.10. The number of hydrogen-bond acceptors (Lipinski definition) is 3. The zero-order valence-corrected chi connectivity index (χ0v) is 9.64. The van der Waals surface area contributed by atoms with Crippen LogP contribution in [0, 0.1) is 5.92 Å². The summed E-state index contributed by atoms with van der Waals surface area (Å²) >= 11 is 0. The van der Waals surface area contributed by atoms with Gasteiger partial charge < -0.3 is 14.9 Å². The van der Waals surface area contributed by atoms with Crippen molar-refractivity contribution in [3.05, 3.63) is 29.3 Å². The second-order valence-electron chi connectivity index (χ2n) is 4.02. The topological polar surface area (TPSA) is 83.8 Å². The molecule has 0 heterocycles. The molecule has 0 saturated carbocycles. The third-order valence-corrected chi connectivity index (χ3v) is 2.04. The van der Waals surface area contributed by atoms with E-state index in [0.29, 0.717) is 18.3 Å². The van der Waals surface area contributed by atoms with Crippen molar-refractivity contribution in [2.45, 2.75) is 13.8 Å². The first-order valence-corrected chi connectivity index (χ1v) is 5.15. The van der Waals surface area contributed by atoms with Crippen LogP contribution in [0.2, 0.25) is 0 Å². The molecule has 0 fully saturated rings. The summed E-state index contributed by atoms with van der Waals surface area (Å²) in [5.74, 6) is -1.88. The van der Waals surface area contributed by atoms with E-state index in [-0.39, 0.29) is 11.1 Å². The lowest BCUT2D eigenvalue weighted by atomic mass is 10.1. The third kappa shape index (κ3) is 3.48. The average molecular weight is 238 g/mol. The highest BCUT2D eigenvalue weighted by Gasteiger charge is 2.16. The van der Waals surface area contributed by atoms with Gasteiger partial charge in [-0.3, -0.25) is 0 Å². The lowest BCUT2D eigenvalue weighted by molar-refractivity contribution is 0.0651. The number of benzene rings is 1. The molecule has 0 amide bonds. The second-order valence-corrected chi connectivity index (χ2v) is 4.02. The molecule has 5 nitrogen and oxygen atoms in total. The van der Waals surface area contributed by atoms with Crippen LogP contribution in [0.1, 0.15) is 34.6 Å². The molecule has 0 aromatic heterocycles. The molecule has 0 bridgehead atoms. The van der Waals surface area contributed by atoms with E-state index in [1.165, 1.54) is 18.2 Å². The molecule has 17 heavy (non-hydrogen) atoms. The SMILES string of the molecule is CC(C)COc1ccc(C(=O)O)c(C(=O)O)c1. The van der Waals surface area contributed by atoms with Gasteiger partial charge in [-0.2, -0.15) is 0 Å². The molecule has 1 aromatic rings. The lowest BCUT2D eigenvalue weighted by Crippen LogP contribution is -2.10. The first-order valence-electron chi connectivity index (χ1n) is 5.15. The first kappa shape index (κ1) is 13.0. The van der Waals surface area contributed by atoms with E-state index >= 15 is 0 Å². The summed E-state index contributed by atoms with van der Waals surface area (Å²) in [6.45, 7) is 4.37. The Bertz CT molecular complexity index is 437. The summed E-state index contributed by atoms with van der Waals surface area (Å²) in [5, 5.41) is 17.7. The fourth-order valence-electron chi connectivity index (χ4n) is 1.24. The van der Waals surface area contributed by atoms with Crippen LogP contribution in [-0.2, 0) is 0 Å². The van der Waals surface area contributed by atoms with E-state index in [9.17, 15) is 9.59 Å². The molecule has 0 aliphatic heterocycles. The fraction of sp³-hybridized carbons (Fsp3) is 0.333. The molecule has 0 radical (unpaired) electrons. The van der Waals surface area contributed by atoms with Crippen molar-refractivity contribution >= 4 is 11.9 Å². The van der Waals surface area contributed by atoms with Crippen molar-refractivity contribution in [2.75, 3.05) is 6.61 Å². The van der Waals surface area contributed by atoms with Crippen LogP contribution >= 0.6 is 0 Å². The molecular formula is C12H14O5. The van der Waals surface area contributed by atoms with E-state index in [4.69, 9.17) is 14.9 Å². The Morgan fingerprint density at radius 2 is 1.76 bits per heavy atom. The molecule has 92 valence electrons. The van der Waals surface area contributed by atoms with E-state index in [1.54, 1.807) is 0 Å². The predicted molar refractivity (Wildman–Crippen MR) is 60.7 cm³/mol. The monoisotopic (exact) mass is 238 g/mol. The summed E-state index contributed by atoms with van der Waals surface area (Å²) in [6, 6.07) is 3.92. The summed E-state index contributed by atoms with van der Waals surface area (Å²) < 4.78 is 5.34. The Labute approximate surface area is 98.6 Å². The van der Waals surface area contributed by atoms with Gasteiger partial charge in [0.25, 0.3) is 0 Å². The molecule has 0 unspecified atom stereocenters. The van der Waals surface area contributed by atoms with Crippen molar-refractivity contribution < 1.29 is 24.5 Å². The number of carboxylic acids is 2. The average Bonchev–Trinajstić information content (AvgIpc) is 2.25. The number of ether oxygens (including phenoxy) is 1. The van der Waals surface area contributed by atoms with Crippen molar-refractivity contribution in [2.24, 2.45) is 5.92 Å². The van der Waals surface area contributed by atoms with Crippen LogP contribution in [0.3, 0.4) is 0 Å². The van der Waals surface area contributed by atoms with Crippen molar-refractivity contribution in [1.82, 2.24) is 0 Å². The van der Waals surface area contributed by atoms with Gasteiger partial charge in [-0.05, 0) is 24.1 Å². The minimum Gasteiger partial charge on any atom is -0.493 e. The maximum Gasteiger partial charge on any atom is 0.336 e. The zero-order valence-electron chi connectivity index (χ0n) is 9.64. The Morgan fingerprint density at radius 1 is 1.18 bits per heavy atom. The van der Waals surface area contributed by atoms with Crippen molar-refractivity contribution in [3.8, 4) is 5.75 Å². The van der Waals surface area contributed by atoms with Crippen LogP contribution in [0.15, 0.2) is 18.2 Å². The van der Waals surface area contributed by atoms with Gasteiger partial charge in [0.05, 0.1) is 17.7 Å². The second kappa shape index (κ2) is 5.34. The highest BCUT2D eigenvalue weighted by molar-refractivity contribution is 6.01. The van der Waals surface area contributed by atoms with E-state index in [2.05, 4.69) is 0 Å². The highest BCUT2D eigenvalue weighted by atomic mass is 16.5. The summed E-state index contributed by atoms with van der Waals surface area (Å²) in [7, 11) is 0. The summed E-state index contributed by atoms with van der Waals surface area (Å²) in [5.41, 5.74) is -0.506. The Morgan fingerprint density at radius 3 is 2.24 bits per heavy atom. The number of carbonyl (C=O) groups is 2. The Balaban J connectivity index is 3.02. The molecule has 0 atom stereocenters. The van der Waals surface area contributed by atoms with Gasteiger partial charge >= 0.3 is 11.9 Å². The summed E-state index contributed by atoms with van der Waals surface area (Å²) in [6.07, 6.45) is 0. The number of aromatic carboxylic acids is 2. The molecule has 1 aromatic carbocycles. The van der Waals surface area contributed by atoms with Gasteiger partial charge in [0.2, 0.25) is 0 Å². The molecule has 0 spiro atoms. The van der Waals surface area contributed by atoms with Crippen LogP contribution in [0.4, 0.5) is 0 Å². The number of hydrogen-bond donors (Lipinski definition) is 2. The van der Waals surface area contributed by atoms with Crippen molar-refractivity contribution in [3.63, 3.8) is 0 Å². The van der Waals surface area contributed by atoms with Gasteiger partial charge in [0.15, 0.2) is 0 Å². The minimum atomic E-state index is -1.28. The molecule has 2 N–H and O–H groups in total. The van der Waals surface area contributed by atoms with Crippen LogP contribution in [0.5, 0.6) is 5.75 Å². The van der Waals surface area contributed by atoms with Crippen molar-refractivity contribution in [1.29, 1.82) is 0 Å². The molecular weight excluding hydrogens is 224 g/mol. The van der Waals surface area contributed by atoms with Gasteiger partial charge in [-0.1, -0.05) is 13.8 Å². The maximum atomic E-state index is 10.9. The summed E-state index contributed by atoms with van der Waals surface area (Å²) in [4.78, 5) is 21.7. The maximum absolute atomic E-state index is 10.9. The molecule has 5 heteroatoms. The largest absolute Gasteiger partial charge is 0.493 e. The van der Waals surface area contributed by atoms with Gasteiger partial charge in [-0.25, -0.2) is 9.59 Å². The van der Waals surface area contributed by atoms with Gasteiger partial charge in [0.1, 0.15) is 5.75 Å². The molecule has 1 rings (SSSR count). The minimum absolute atomic E-state index is 0.241. The Hall–Kier alpha value is -2.04. The smallest absolute Gasteiger partial charge is 0.336 e. The number of rotatable bonds is 5.